The Morgan fingerprint density at radius 2 is 2.00 bits per heavy atom. The summed E-state index contributed by atoms with van der Waals surface area (Å²) in [4.78, 5) is 21.6. The van der Waals surface area contributed by atoms with Crippen molar-refractivity contribution < 1.29 is 9.59 Å². The van der Waals surface area contributed by atoms with E-state index in [0.29, 0.717) is 0 Å². The standard InChI is InChI=1S/C8H15NO2S/c1-6(10)8(4-5-12-3)9-7(2)11/h8H,4-5H2,1-3H3,(H,9,11). The second kappa shape index (κ2) is 6.06. The minimum absolute atomic E-state index is 0.0271. The Balaban J connectivity index is 3.87. The average Bonchev–Trinajstić information content (AvgIpc) is 1.96. The molecular formula is C8H15NO2S. The SMILES string of the molecule is CSCCC(NC(C)=O)C(C)=O. The Morgan fingerprint density at radius 3 is 2.33 bits per heavy atom. The molecule has 1 unspecified atom stereocenters. The number of thioether (sulfide) groups is 1. The first kappa shape index (κ1) is 11.5. The summed E-state index contributed by atoms with van der Waals surface area (Å²) in [6, 6.07) is -0.296. The zero-order chi connectivity index (χ0) is 9.56. The monoisotopic (exact) mass is 189 g/mol. The Morgan fingerprint density at radius 1 is 1.42 bits per heavy atom. The summed E-state index contributed by atoms with van der Waals surface area (Å²) in [6.07, 6.45) is 2.70. The van der Waals surface area contributed by atoms with Gasteiger partial charge in [0.15, 0.2) is 5.78 Å². The lowest BCUT2D eigenvalue weighted by Gasteiger charge is -2.13. The quantitative estimate of drug-likeness (QED) is 0.697. The van der Waals surface area contributed by atoms with E-state index in [2.05, 4.69) is 5.32 Å². The van der Waals surface area contributed by atoms with Crippen LogP contribution in [0.4, 0.5) is 0 Å². The molecule has 3 nitrogen and oxygen atoms in total. The van der Waals surface area contributed by atoms with Crippen molar-refractivity contribution in [3.8, 4) is 0 Å². The fourth-order valence-electron chi connectivity index (χ4n) is 0.858. The molecule has 0 aliphatic carbocycles. The minimum atomic E-state index is -0.296. The van der Waals surface area contributed by atoms with Gasteiger partial charge in [-0.05, 0) is 25.4 Å². The van der Waals surface area contributed by atoms with Gasteiger partial charge in [-0.1, -0.05) is 0 Å². The van der Waals surface area contributed by atoms with E-state index in [0.717, 1.165) is 12.2 Å². The van der Waals surface area contributed by atoms with Gasteiger partial charge in [0, 0.05) is 6.92 Å². The van der Waals surface area contributed by atoms with Gasteiger partial charge >= 0.3 is 0 Å². The number of hydrogen-bond donors (Lipinski definition) is 1. The molecule has 0 aromatic heterocycles. The van der Waals surface area contributed by atoms with Crippen LogP contribution < -0.4 is 5.32 Å². The summed E-state index contributed by atoms with van der Waals surface area (Å²) in [7, 11) is 0. The number of carbonyl (C=O) groups excluding carboxylic acids is 2. The molecule has 0 aliphatic heterocycles. The van der Waals surface area contributed by atoms with Crippen LogP contribution in [0.2, 0.25) is 0 Å². The third kappa shape index (κ3) is 5.18. The van der Waals surface area contributed by atoms with Gasteiger partial charge in [-0.3, -0.25) is 9.59 Å². The molecule has 0 aliphatic rings. The van der Waals surface area contributed by atoms with E-state index in [-0.39, 0.29) is 17.7 Å². The third-order valence-electron chi connectivity index (χ3n) is 1.48. The number of ketones is 1. The Labute approximate surface area is 77.3 Å². The van der Waals surface area contributed by atoms with E-state index >= 15 is 0 Å². The molecule has 12 heavy (non-hydrogen) atoms. The summed E-state index contributed by atoms with van der Waals surface area (Å²) in [6.45, 7) is 2.93. The first-order chi connectivity index (χ1) is 5.57. The zero-order valence-corrected chi connectivity index (χ0v) is 8.53. The molecule has 4 heteroatoms. The molecule has 0 aromatic carbocycles. The zero-order valence-electron chi connectivity index (χ0n) is 7.72. The van der Waals surface area contributed by atoms with Crippen LogP contribution in [0.25, 0.3) is 0 Å². The minimum Gasteiger partial charge on any atom is -0.347 e. The molecule has 0 rings (SSSR count). The molecule has 0 saturated carbocycles. The number of carbonyl (C=O) groups is 2. The lowest BCUT2D eigenvalue weighted by Crippen LogP contribution is -2.38. The first-order valence-corrected chi connectivity index (χ1v) is 5.23. The maximum Gasteiger partial charge on any atom is 0.217 e. The molecule has 0 radical (unpaired) electrons. The van der Waals surface area contributed by atoms with Gasteiger partial charge in [0.1, 0.15) is 0 Å². The molecular weight excluding hydrogens is 174 g/mol. The predicted octanol–water partition coefficient (Wildman–Crippen LogP) is 0.833. The van der Waals surface area contributed by atoms with Crippen LogP contribution in [0, 0.1) is 0 Å². The summed E-state index contributed by atoms with van der Waals surface area (Å²) < 4.78 is 0. The maximum absolute atomic E-state index is 11.0. The Bertz CT molecular complexity index is 170. The lowest BCUT2D eigenvalue weighted by molar-refractivity contribution is -0.125. The summed E-state index contributed by atoms with van der Waals surface area (Å²) in [5.41, 5.74) is 0. The Kier molecular flexibility index (Phi) is 5.80. The molecule has 0 saturated heterocycles. The van der Waals surface area contributed by atoms with Crippen LogP contribution in [0.1, 0.15) is 20.3 Å². The van der Waals surface area contributed by atoms with Crippen LogP contribution in [0.15, 0.2) is 0 Å². The van der Waals surface area contributed by atoms with Crippen molar-refractivity contribution in [3.63, 3.8) is 0 Å². The van der Waals surface area contributed by atoms with E-state index < -0.39 is 0 Å². The number of hydrogen-bond acceptors (Lipinski definition) is 3. The first-order valence-electron chi connectivity index (χ1n) is 3.84. The molecule has 0 heterocycles. The van der Waals surface area contributed by atoms with Crippen molar-refractivity contribution >= 4 is 23.5 Å². The summed E-state index contributed by atoms with van der Waals surface area (Å²) in [5.74, 6) is 0.778. The molecule has 0 aromatic rings. The highest BCUT2D eigenvalue weighted by molar-refractivity contribution is 7.98. The summed E-state index contributed by atoms with van der Waals surface area (Å²) in [5, 5.41) is 2.61. The van der Waals surface area contributed by atoms with Crippen molar-refractivity contribution in [2.45, 2.75) is 26.3 Å². The van der Waals surface area contributed by atoms with Crippen LogP contribution in [0.5, 0.6) is 0 Å². The molecule has 1 N–H and O–H groups in total. The van der Waals surface area contributed by atoms with Gasteiger partial charge in [-0.15, -0.1) is 0 Å². The van der Waals surface area contributed by atoms with Crippen LogP contribution in [-0.4, -0.2) is 29.7 Å². The van der Waals surface area contributed by atoms with E-state index in [1.165, 1.54) is 13.8 Å². The molecule has 0 spiro atoms. The van der Waals surface area contributed by atoms with Crippen molar-refractivity contribution in [2.24, 2.45) is 0 Å². The second-order valence-electron chi connectivity index (χ2n) is 2.65. The largest absolute Gasteiger partial charge is 0.347 e. The smallest absolute Gasteiger partial charge is 0.217 e. The molecule has 1 amide bonds. The van der Waals surface area contributed by atoms with E-state index in [1.807, 2.05) is 6.26 Å². The number of rotatable bonds is 5. The molecule has 0 fully saturated rings. The van der Waals surface area contributed by atoms with Crippen molar-refractivity contribution in [3.05, 3.63) is 0 Å². The maximum atomic E-state index is 11.0. The number of Topliss-reactive ketones (excluding diaryl/α,β-unsaturated/α-hetero) is 1. The van der Waals surface area contributed by atoms with Crippen LogP contribution >= 0.6 is 11.8 Å². The molecule has 70 valence electrons. The van der Waals surface area contributed by atoms with Gasteiger partial charge in [-0.2, -0.15) is 11.8 Å². The highest BCUT2D eigenvalue weighted by atomic mass is 32.2. The number of amides is 1. The highest BCUT2D eigenvalue weighted by Crippen LogP contribution is 2.01. The van der Waals surface area contributed by atoms with E-state index in [1.54, 1.807) is 11.8 Å². The fourth-order valence-corrected chi connectivity index (χ4v) is 1.33. The van der Waals surface area contributed by atoms with Gasteiger partial charge < -0.3 is 5.32 Å². The Hall–Kier alpha value is -0.510. The third-order valence-corrected chi connectivity index (χ3v) is 2.12. The van der Waals surface area contributed by atoms with Crippen LogP contribution in [0.3, 0.4) is 0 Å². The van der Waals surface area contributed by atoms with Gasteiger partial charge in [-0.25, -0.2) is 0 Å². The van der Waals surface area contributed by atoms with Crippen molar-refractivity contribution in [1.29, 1.82) is 0 Å². The summed E-state index contributed by atoms with van der Waals surface area (Å²) >= 11 is 1.67. The van der Waals surface area contributed by atoms with Crippen molar-refractivity contribution in [2.75, 3.05) is 12.0 Å². The molecule has 1 atom stereocenters. The lowest BCUT2D eigenvalue weighted by atomic mass is 10.1. The van der Waals surface area contributed by atoms with E-state index in [4.69, 9.17) is 0 Å². The molecule has 0 bridgehead atoms. The van der Waals surface area contributed by atoms with Gasteiger partial charge in [0.2, 0.25) is 5.91 Å². The number of nitrogens with one attached hydrogen (secondary N) is 1. The average molecular weight is 189 g/mol. The highest BCUT2D eigenvalue weighted by Gasteiger charge is 2.13. The normalized spacial score (nSPS) is 12.2. The van der Waals surface area contributed by atoms with E-state index in [9.17, 15) is 9.59 Å². The van der Waals surface area contributed by atoms with Gasteiger partial charge in [0.05, 0.1) is 6.04 Å². The topological polar surface area (TPSA) is 46.2 Å². The van der Waals surface area contributed by atoms with Crippen LogP contribution in [-0.2, 0) is 9.59 Å². The fraction of sp³-hybridized carbons (Fsp3) is 0.750. The predicted molar refractivity (Wildman–Crippen MR) is 51.3 cm³/mol. The van der Waals surface area contributed by atoms with Crippen molar-refractivity contribution in [1.82, 2.24) is 5.32 Å². The second-order valence-corrected chi connectivity index (χ2v) is 3.63. The van der Waals surface area contributed by atoms with Gasteiger partial charge in [0.25, 0.3) is 0 Å².